The Bertz CT molecular complexity index is 1050. The fourth-order valence-corrected chi connectivity index (χ4v) is 3.82. The molecule has 154 valence electrons. The predicted molar refractivity (Wildman–Crippen MR) is 99.5 cm³/mol. The van der Waals surface area contributed by atoms with E-state index in [1.54, 1.807) is 23.7 Å². The summed E-state index contributed by atoms with van der Waals surface area (Å²) in [5, 5.41) is 25.7. The van der Waals surface area contributed by atoms with Crippen molar-refractivity contribution < 1.29 is 28.1 Å². The molecule has 1 saturated heterocycles. The van der Waals surface area contributed by atoms with Crippen LogP contribution in [-0.2, 0) is 10.9 Å². The molecular formula is C20H20F3N3O3. The highest BCUT2D eigenvalue weighted by atomic mass is 19.4. The lowest BCUT2D eigenvalue weighted by Gasteiger charge is -2.14. The van der Waals surface area contributed by atoms with Gasteiger partial charge in [0.15, 0.2) is 5.65 Å². The summed E-state index contributed by atoms with van der Waals surface area (Å²) < 4.78 is 46.1. The first kappa shape index (κ1) is 19.7. The van der Waals surface area contributed by atoms with Gasteiger partial charge in [0.25, 0.3) is 0 Å². The van der Waals surface area contributed by atoms with Crippen LogP contribution in [0.2, 0.25) is 0 Å². The summed E-state index contributed by atoms with van der Waals surface area (Å²) in [6.07, 6.45) is -4.57. The Hall–Kier alpha value is -2.65. The Kier molecular flexibility index (Phi) is 4.74. The van der Waals surface area contributed by atoms with Crippen LogP contribution >= 0.6 is 0 Å². The van der Waals surface area contributed by atoms with E-state index in [4.69, 9.17) is 4.74 Å². The van der Waals surface area contributed by atoms with E-state index in [1.807, 2.05) is 0 Å². The van der Waals surface area contributed by atoms with Crippen LogP contribution in [-0.4, -0.2) is 38.2 Å². The number of benzene rings is 1. The van der Waals surface area contributed by atoms with Crippen LogP contribution in [0, 0.1) is 6.92 Å². The van der Waals surface area contributed by atoms with Crippen LogP contribution in [0.5, 0.6) is 5.75 Å². The molecule has 4 rings (SSSR count). The van der Waals surface area contributed by atoms with Crippen molar-refractivity contribution in [3.8, 4) is 17.0 Å². The third-order valence-electron chi connectivity index (χ3n) is 5.15. The molecule has 1 aliphatic rings. The molecule has 1 aliphatic heterocycles. The number of aliphatic hydroxyl groups excluding tert-OH is 1. The first-order valence-corrected chi connectivity index (χ1v) is 9.23. The molecule has 0 saturated carbocycles. The van der Waals surface area contributed by atoms with E-state index in [1.165, 1.54) is 6.92 Å². The maximum Gasteiger partial charge on any atom is 0.416 e. The van der Waals surface area contributed by atoms with Crippen molar-refractivity contribution in [3.05, 3.63) is 41.1 Å². The fourth-order valence-electron chi connectivity index (χ4n) is 3.82. The third-order valence-corrected chi connectivity index (χ3v) is 5.15. The second-order valence-electron chi connectivity index (χ2n) is 7.28. The molecule has 3 aromatic rings. The van der Waals surface area contributed by atoms with Crippen LogP contribution in [0.4, 0.5) is 13.2 Å². The lowest BCUT2D eigenvalue weighted by molar-refractivity contribution is -0.137. The highest BCUT2D eigenvalue weighted by molar-refractivity contribution is 5.83. The molecule has 2 atom stereocenters. The lowest BCUT2D eigenvalue weighted by Crippen LogP contribution is -2.15. The van der Waals surface area contributed by atoms with Crippen molar-refractivity contribution >= 4 is 11.0 Å². The van der Waals surface area contributed by atoms with Gasteiger partial charge in [0.2, 0.25) is 0 Å². The molecule has 2 N–H and O–H groups in total. The number of fused-ring (bicyclic) bond motifs is 1. The number of ether oxygens (including phenoxy) is 1. The van der Waals surface area contributed by atoms with Gasteiger partial charge >= 0.3 is 6.18 Å². The van der Waals surface area contributed by atoms with Crippen LogP contribution in [0.15, 0.2) is 24.3 Å². The Morgan fingerprint density at radius 2 is 2.03 bits per heavy atom. The maximum atomic E-state index is 13.0. The molecule has 1 fully saturated rings. The van der Waals surface area contributed by atoms with Gasteiger partial charge in [-0.05, 0) is 50.1 Å². The molecule has 2 aromatic heterocycles. The average Bonchev–Trinajstić information content (AvgIpc) is 3.27. The second kappa shape index (κ2) is 7.00. The standard InChI is InChI=1S/C20H20F3N3O3/c1-10-7-12(20(21,22)23)8-16(28)17(10)15-4-3-14-18(11(2)27)26(25-19(14)24-15)13-5-6-29-9-13/h3-4,7-8,11,13,27-28H,5-6,9H2,1-2H3/t11-,13+/m0/s1. The van der Waals surface area contributed by atoms with Gasteiger partial charge in [-0.25, -0.2) is 4.98 Å². The number of aliphatic hydroxyl groups is 1. The molecule has 29 heavy (non-hydrogen) atoms. The minimum Gasteiger partial charge on any atom is -0.507 e. The number of aryl methyl sites for hydroxylation is 1. The van der Waals surface area contributed by atoms with Crippen LogP contribution in [0.3, 0.4) is 0 Å². The number of aromatic nitrogens is 3. The largest absolute Gasteiger partial charge is 0.507 e. The smallest absolute Gasteiger partial charge is 0.416 e. The molecule has 6 nitrogen and oxygen atoms in total. The van der Waals surface area contributed by atoms with Gasteiger partial charge in [0.05, 0.1) is 35.7 Å². The van der Waals surface area contributed by atoms with Gasteiger partial charge in [-0.1, -0.05) is 0 Å². The molecule has 0 aliphatic carbocycles. The summed E-state index contributed by atoms with van der Waals surface area (Å²) in [5.41, 5.74) is 0.831. The van der Waals surface area contributed by atoms with Crippen molar-refractivity contribution in [2.45, 2.75) is 38.6 Å². The summed E-state index contributed by atoms with van der Waals surface area (Å²) in [6.45, 7) is 4.23. The summed E-state index contributed by atoms with van der Waals surface area (Å²) in [5.74, 6) is -0.497. The minimum atomic E-state index is -4.55. The number of aromatic hydroxyl groups is 1. The van der Waals surface area contributed by atoms with Gasteiger partial charge < -0.3 is 14.9 Å². The van der Waals surface area contributed by atoms with E-state index in [0.717, 1.165) is 12.5 Å². The Balaban J connectivity index is 1.85. The van der Waals surface area contributed by atoms with Crippen LogP contribution < -0.4 is 0 Å². The number of nitrogens with zero attached hydrogens (tertiary/aromatic N) is 3. The molecule has 9 heteroatoms. The zero-order valence-electron chi connectivity index (χ0n) is 15.9. The summed E-state index contributed by atoms with van der Waals surface area (Å²) in [7, 11) is 0. The Labute approximate surface area is 164 Å². The predicted octanol–water partition coefficient (Wildman–Crippen LogP) is 4.15. The highest BCUT2D eigenvalue weighted by Crippen LogP contribution is 2.39. The molecule has 1 aromatic carbocycles. The summed E-state index contributed by atoms with van der Waals surface area (Å²) in [4.78, 5) is 4.47. The van der Waals surface area contributed by atoms with E-state index in [2.05, 4.69) is 10.1 Å². The quantitative estimate of drug-likeness (QED) is 0.682. The van der Waals surface area contributed by atoms with Crippen LogP contribution in [0.1, 0.15) is 42.3 Å². The Morgan fingerprint density at radius 3 is 2.62 bits per heavy atom. The number of phenols is 1. The van der Waals surface area contributed by atoms with Crippen molar-refractivity contribution in [1.82, 2.24) is 14.8 Å². The number of rotatable bonds is 3. The van der Waals surface area contributed by atoms with E-state index in [-0.39, 0.29) is 17.2 Å². The van der Waals surface area contributed by atoms with E-state index in [0.29, 0.717) is 41.7 Å². The molecule has 0 radical (unpaired) electrons. The Morgan fingerprint density at radius 1 is 1.28 bits per heavy atom. The van der Waals surface area contributed by atoms with Crippen molar-refractivity contribution in [2.75, 3.05) is 13.2 Å². The molecular weight excluding hydrogens is 387 g/mol. The van der Waals surface area contributed by atoms with E-state index >= 15 is 0 Å². The lowest BCUT2D eigenvalue weighted by atomic mass is 10.00. The number of halogens is 3. The van der Waals surface area contributed by atoms with Gasteiger partial charge in [-0.3, -0.25) is 4.68 Å². The van der Waals surface area contributed by atoms with Crippen molar-refractivity contribution in [2.24, 2.45) is 0 Å². The van der Waals surface area contributed by atoms with Crippen molar-refractivity contribution in [1.29, 1.82) is 0 Å². The highest BCUT2D eigenvalue weighted by Gasteiger charge is 2.32. The van der Waals surface area contributed by atoms with Gasteiger partial charge in [-0.2, -0.15) is 18.3 Å². The second-order valence-corrected chi connectivity index (χ2v) is 7.28. The number of hydrogen-bond acceptors (Lipinski definition) is 5. The number of phenolic OH excluding ortho intramolecular Hbond substituents is 1. The van der Waals surface area contributed by atoms with Gasteiger partial charge in [0, 0.05) is 17.6 Å². The third kappa shape index (κ3) is 3.44. The zero-order chi connectivity index (χ0) is 20.9. The molecule has 0 unspecified atom stereocenters. The zero-order valence-corrected chi connectivity index (χ0v) is 15.9. The summed E-state index contributed by atoms with van der Waals surface area (Å²) >= 11 is 0. The van der Waals surface area contributed by atoms with Gasteiger partial charge in [0.1, 0.15) is 5.75 Å². The van der Waals surface area contributed by atoms with Gasteiger partial charge in [-0.15, -0.1) is 0 Å². The first-order valence-electron chi connectivity index (χ1n) is 9.23. The maximum absolute atomic E-state index is 13.0. The monoisotopic (exact) mass is 407 g/mol. The molecule has 0 bridgehead atoms. The molecule has 0 amide bonds. The van der Waals surface area contributed by atoms with Crippen molar-refractivity contribution in [3.63, 3.8) is 0 Å². The fraction of sp³-hybridized carbons (Fsp3) is 0.400. The average molecular weight is 407 g/mol. The van der Waals surface area contributed by atoms with E-state index < -0.39 is 23.6 Å². The van der Waals surface area contributed by atoms with Crippen LogP contribution in [0.25, 0.3) is 22.3 Å². The number of alkyl halides is 3. The van der Waals surface area contributed by atoms with E-state index in [9.17, 15) is 23.4 Å². The molecule has 0 spiro atoms. The summed E-state index contributed by atoms with van der Waals surface area (Å²) in [6, 6.07) is 5.00. The minimum absolute atomic E-state index is 0.0153. The topological polar surface area (TPSA) is 80.4 Å². The number of hydrogen-bond donors (Lipinski definition) is 2. The molecule has 3 heterocycles. The number of pyridine rings is 1. The first-order chi connectivity index (χ1) is 13.7. The normalized spacial score (nSPS) is 18.5. The SMILES string of the molecule is Cc1cc(C(F)(F)F)cc(O)c1-c1ccc2c([C@H](C)O)n([C@@H]3CCOC3)nc2n1.